The second-order valence-electron chi connectivity index (χ2n) is 4.95. The number of benzene rings is 1. The lowest BCUT2D eigenvalue weighted by Crippen LogP contribution is -2.21. The van der Waals surface area contributed by atoms with E-state index < -0.39 is 0 Å². The van der Waals surface area contributed by atoms with Gasteiger partial charge in [-0.2, -0.15) is 0 Å². The van der Waals surface area contributed by atoms with Crippen LogP contribution < -0.4 is 10.5 Å². The quantitative estimate of drug-likeness (QED) is 0.798. The number of fused-ring (bicyclic) bond motifs is 1. The SMILES string of the molecule is NC[C@@]1(CO)C[C@H]1c1ccc2c(c1)CCO2. The standard InChI is InChI=1S/C13H17NO2/c14-7-13(8-15)6-11(13)9-1-2-12-10(5-9)3-4-16-12/h1-2,5,11,15H,3-4,6-8,14H2/t11-,13+/m0/s1. The van der Waals surface area contributed by atoms with Crippen molar-refractivity contribution in [3.05, 3.63) is 29.3 Å². The Bertz CT molecular complexity index is 412. The van der Waals surface area contributed by atoms with Crippen LogP contribution >= 0.6 is 0 Å². The fourth-order valence-electron chi connectivity index (χ4n) is 2.71. The monoisotopic (exact) mass is 219 g/mol. The summed E-state index contributed by atoms with van der Waals surface area (Å²) in [6, 6.07) is 6.39. The molecule has 1 heterocycles. The topological polar surface area (TPSA) is 55.5 Å². The Morgan fingerprint density at radius 1 is 1.50 bits per heavy atom. The van der Waals surface area contributed by atoms with Gasteiger partial charge in [0.2, 0.25) is 0 Å². The van der Waals surface area contributed by atoms with Crippen molar-refractivity contribution < 1.29 is 9.84 Å². The molecule has 3 heteroatoms. The molecule has 1 saturated carbocycles. The molecule has 1 aromatic carbocycles. The van der Waals surface area contributed by atoms with Crippen molar-refractivity contribution in [3.63, 3.8) is 0 Å². The third-order valence-corrected chi connectivity index (χ3v) is 4.03. The molecule has 0 radical (unpaired) electrons. The Hall–Kier alpha value is -1.06. The van der Waals surface area contributed by atoms with E-state index in [0.717, 1.165) is 25.2 Å². The molecule has 1 aliphatic carbocycles. The van der Waals surface area contributed by atoms with Crippen LogP contribution in [0.2, 0.25) is 0 Å². The molecule has 16 heavy (non-hydrogen) atoms. The zero-order valence-electron chi connectivity index (χ0n) is 9.28. The molecule has 0 aromatic heterocycles. The minimum atomic E-state index is -0.0479. The molecule has 2 aliphatic rings. The fourth-order valence-corrected chi connectivity index (χ4v) is 2.71. The summed E-state index contributed by atoms with van der Waals surface area (Å²) in [4.78, 5) is 0. The number of ether oxygens (including phenoxy) is 1. The molecule has 0 spiro atoms. The maximum atomic E-state index is 9.38. The van der Waals surface area contributed by atoms with Crippen molar-refractivity contribution in [2.24, 2.45) is 11.1 Å². The summed E-state index contributed by atoms with van der Waals surface area (Å²) < 4.78 is 5.48. The maximum Gasteiger partial charge on any atom is 0.122 e. The van der Waals surface area contributed by atoms with Gasteiger partial charge in [-0.3, -0.25) is 0 Å². The van der Waals surface area contributed by atoms with Crippen molar-refractivity contribution in [2.45, 2.75) is 18.8 Å². The predicted molar refractivity (Wildman–Crippen MR) is 61.6 cm³/mol. The Balaban J connectivity index is 1.87. The highest BCUT2D eigenvalue weighted by molar-refractivity contribution is 5.43. The van der Waals surface area contributed by atoms with Gasteiger partial charge in [0.25, 0.3) is 0 Å². The van der Waals surface area contributed by atoms with Gasteiger partial charge in [-0.1, -0.05) is 12.1 Å². The summed E-state index contributed by atoms with van der Waals surface area (Å²) in [5, 5.41) is 9.38. The summed E-state index contributed by atoms with van der Waals surface area (Å²) in [7, 11) is 0. The first-order valence-corrected chi connectivity index (χ1v) is 5.86. The van der Waals surface area contributed by atoms with Crippen molar-refractivity contribution in [2.75, 3.05) is 19.8 Å². The van der Waals surface area contributed by atoms with E-state index in [1.165, 1.54) is 11.1 Å². The third-order valence-electron chi connectivity index (χ3n) is 4.03. The van der Waals surface area contributed by atoms with Gasteiger partial charge in [-0.15, -0.1) is 0 Å². The average Bonchev–Trinajstić information content (AvgIpc) is 2.89. The number of rotatable bonds is 3. The molecule has 0 saturated heterocycles. The Kier molecular flexibility index (Phi) is 2.19. The molecular weight excluding hydrogens is 202 g/mol. The molecule has 0 unspecified atom stereocenters. The molecule has 1 aromatic rings. The minimum absolute atomic E-state index is 0.0479. The zero-order chi connectivity index (χ0) is 11.2. The first kappa shape index (κ1) is 10.1. The van der Waals surface area contributed by atoms with Crippen molar-refractivity contribution in [1.29, 1.82) is 0 Å². The van der Waals surface area contributed by atoms with Gasteiger partial charge in [-0.25, -0.2) is 0 Å². The van der Waals surface area contributed by atoms with Crippen LogP contribution in [0.4, 0.5) is 0 Å². The van der Waals surface area contributed by atoms with Gasteiger partial charge >= 0.3 is 0 Å². The summed E-state index contributed by atoms with van der Waals surface area (Å²) in [5.41, 5.74) is 8.30. The van der Waals surface area contributed by atoms with E-state index in [-0.39, 0.29) is 12.0 Å². The molecule has 1 aliphatic heterocycles. The first-order chi connectivity index (χ1) is 7.79. The van der Waals surface area contributed by atoms with Crippen LogP contribution in [0.3, 0.4) is 0 Å². The Morgan fingerprint density at radius 2 is 2.38 bits per heavy atom. The molecule has 3 nitrogen and oxygen atoms in total. The normalized spacial score (nSPS) is 31.0. The smallest absolute Gasteiger partial charge is 0.122 e. The van der Waals surface area contributed by atoms with E-state index in [9.17, 15) is 5.11 Å². The largest absolute Gasteiger partial charge is 0.493 e. The van der Waals surface area contributed by atoms with E-state index in [0.29, 0.717) is 12.5 Å². The number of aliphatic hydroxyl groups is 1. The second-order valence-corrected chi connectivity index (χ2v) is 4.95. The van der Waals surface area contributed by atoms with Crippen LogP contribution in [-0.4, -0.2) is 24.9 Å². The minimum Gasteiger partial charge on any atom is -0.493 e. The van der Waals surface area contributed by atoms with Gasteiger partial charge in [0.15, 0.2) is 0 Å². The van der Waals surface area contributed by atoms with Crippen LogP contribution in [0, 0.1) is 5.41 Å². The van der Waals surface area contributed by atoms with Crippen LogP contribution in [0.5, 0.6) is 5.75 Å². The molecule has 0 amide bonds. The third kappa shape index (κ3) is 1.35. The summed E-state index contributed by atoms with van der Waals surface area (Å²) >= 11 is 0. The van der Waals surface area contributed by atoms with E-state index in [1.807, 2.05) is 0 Å². The molecule has 0 bridgehead atoms. The van der Waals surface area contributed by atoms with Gasteiger partial charge in [0.05, 0.1) is 13.2 Å². The van der Waals surface area contributed by atoms with E-state index >= 15 is 0 Å². The van der Waals surface area contributed by atoms with Crippen molar-refractivity contribution in [3.8, 4) is 5.75 Å². The van der Waals surface area contributed by atoms with E-state index in [4.69, 9.17) is 10.5 Å². The van der Waals surface area contributed by atoms with Crippen LogP contribution in [0.1, 0.15) is 23.5 Å². The lowest BCUT2D eigenvalue weighted by molar-refractivity contribution is 0.211. The highest BCUT2D eigenvalue weighted by Crippen LogP contribution is 2.58. The maximum absolute atomic E-state index is 9.38. The summed E-state index contributed by atoms with van der Waals surface area (Å²) in [5.74, 6) is 1.46. The lowest BCUT2D eigenvalue weighted by Gasteiger charge is -2.11. The fraction of sp³-hybridized carbons (Fsp3) is 0.538. The Morgan fingerprint density at radius 3 is 3.06 bits per heavy atom. The van der Waals surface area contributed by atoms with Crippen molar-refractivity contribution >= 4 is 0 Å². The lowest BCUT2D eigenvalue weighted by atomic mass is 9.98. The molecule has 3 rings (SSSR count). The molecule has 3 N–H and O–H groups in total. The molecule has 86 valence electrons. The van der Waals surface area contributed by atoms with Gasteiger partial charge < -0.3 is 15.6 Å². The number of hydrogen-bond donors (Lipinski definition) is 2. The average molecular weight is 219 g/mol. The second kappa shape index (κ2) is 3.47. The zero-order valence-corrected chi connectivity index (χ0v) is 9.28. The van der Waals surface area contributed by atoms with Gasteiger partial charge in [0, 0.05) is 18.4 Å². The van der Waals surface area contributed by atoms with Gasteiger partial charge in [-0.05, 0) is 29.5 Å². The highest BCUT2D eigenvalue weighted by Gasteiger charge is 2.53. The van der Waals surface area contributed by atoms with Crippen LogP contribution in [0.25, 0.3) is 0 Å². The highest BCUT2D eigenvalue weighted by atomic mass is 16.5. The first-order valence-electron chi connectivity index (χ1n) is 5.86. The number of hydrogen-bond acceptors (Lipinski definition) is 3. The summed E-state index contributed by atoms with van der Waals surface area (Å²) in [6.07, 6.45) is 2.02. The van der Waals surface area contributed by atoms with E-state index in [2.05, 4.69) is 18.2 Å². The van der Waals surface area contributed by atoms with Gasteiger partial charge in [0.1, 0.15) is 5.75 Å². The van der Waals surface area contributed by atoms with Crippen molar-refractivity contribution in [1.82, 2.24) is 0 Å². The molecule has 2 atom stereocenters. The Labute approximate surface area is 95.2 Å². The van der Waals surface area contributed by atoms with Crippen LogP contribution in [-0.2, 0) is 6.42 Å². The number of aliphatic hydroxyl groups excluding tert-OH is 1. The summed E-state index contributed by atoms with van der Waals surface area (Å²) in [6.45, 7) is 1.56. The van der Waals surface area contributed by atoms with E-state index in [1.54, 1.807) is 0 Å². The molecular formula is C13H17NO2. The number of nitrogens with two attached hydrogens (primary N) is 1. The molecule has 1 fully saturated rings. The van der Waals surface area contributed by atoms with Crippen LogP contribution in [0.15, 0.2) is 18.2 Å². The predicted octanol–water partition coefficient (Wildman–Crippen LogP) is 1.05.